The van der Waals surface area contributed by atoms with Crippen LogP contribution in [0.3, 0.4) is 0 Å². The Morgan fingerprint density at radius 1 is 0.870 bits per heavy atom. The quantitative estimate of drug-likeness (QED) is 0.789. The number of carbonyl (C=O) groups excluding carboxylic acids is 2. The van der Waals surface area contributed by atoms with Gasteiger partial charge < -0.3 is 10.6 Å². The third kappa shape index (κ3) is 4.42. The summed E-state index contributed by atoms with van der Waals surface area (Å²) in [6, 6.07) is 12.9. The molecule has 0 radical (unpaired) electrons. The lowest BCUT2D eigenvalue weighted by Crippen LogP contribution is -2.29. The number of hydrogen-bond donors (Lipinski definition) is 2. The van der Waals surface area contributed by atoms with Gasteiger partial charge in [0.15, 0.2) is 0 Å². The van der Waals surface area contributed by atoms with E-state index in [1.165, 1.54) is 0 Å². The zero-order chi connectivity index (χ0) is 16.8. The zero-order valence-corrected chi connectivity index (χ0v) is 14.7. The number of halogens is 1. The van der Waals surface area contributed by atoms with E-state index in [-0.39, 0.29) is 0 Å². The molecule has 0 heterocycles. The Bertz CT molecular complexity index is 689. The molecule has 0 aliphatic rings. The van der Waals surface area contributed by atoms with Gasteiger partial charge in [-0.05, 0) is 48.2 Å². The topological polar surface area (TPSA) is 58.2 Å². The second-order valence-corrected chi connectivity index (χ2v) is 5.99. The predicted molar refractivity (Wildman–Crippen MR) is 96.6 cm³/mol. The SMILES string of the molecule is CCc1cccc(CC)c1NC(=O)C(=O)Nc1ccc(Br)cc1. The zero-order valence-electron chi connectivity index (χ0n) is 13.2. The number of benzene rings is 2. The van der Waals surface area contributed by atoms with Crippen molar-refractivity contribution in [2.45, 2.75) is 26.7 Å². The van der Waals surface area contributed by atoms with Crippen LogP contribution in [0.5, 0.6) is 0 Å². The molecule has 2 aromatic carbocycles. The van der Waals surface area contributed by atoms with Gasteiger partial charge in [0.1, 0.15) is 0 Å². The molecule has 0 aliphatic heterocycles. The van der Waals surface area contributed by atoms with E-state index in [4.69, 9.17) is 0 Å². The van der Waals surface area contributed by atoms with Crippen molar-refractivity contribution in [3.63, 3.8) is 0 Å². The van der Waals surface area contributed by atoms with Gasteiger partial charge in [0.05, 0.1) is 0 Å². The van der Waals surface area contributed by atoms with E-state index in [0.29, 0.717) is 5.69 Å². The molecule has 2 rings (SSSR count). The fraction of sp³-hybridized carbons (Fsp3) is 0.222. The summed E-state index contributed by atoms with van der Waals surface area (Å²) >= 11 is 3.32. The number of nitrogens with one attached hydrogen (secondary N) is 2. The molecule has 5 heteroatoms. The second-order valence-electron chi connectivity index (χ2n) is 5.07. The number of aryl methyl sites for hydroxylation is 2. The minimum atomic E-state index is -0.680. The van der Waals surface area contributed by atoms with E-state index in [2.05, 4.69) is 26.6 Å². The van der Waals surface area contributed by atoms with Crippen molar-refractivity contribution in [3.05, 3.63) is 58.1 Å². The highest BCUT2D eigenvalue weighted by Gasteiger charge is 2.17. The normalized spacial score (nSPS) is 10.2. The number of rotatable bonds is 4. The minimum Gasteiger partial charge on any atom is -0.318 e. The Balaban J connectivity index is 2.12. The van der Waals surface area contributed by atoms with Crippen LogP contribution in [-0.2, 0) is 22.4 Å². The highest BCUT2D eigenvalue weighted by molar-refractivity contribution is 9.10. The molecule has 0 fully saturated rings. The van der Waals surface area contributed by atoms with Crippen molar-refractivity contribution >= 4 is 39.1 Å². The Hall–Kier alpha value is -2.14. The minimum absolute atomic E-state index is 0.577. The monoisotopic (exact) mass is 374 g/mol. The molecule has 0 aromatic heterocycles. The molecule has 0 saturated carbocycles. The van der Waals surface area contributed by atoms with Crippen LogP contribution in [0.4, 0.5) is 11.4 Å². The number of anilines is 2. The molecule has 0 bridgehead atoms. The fourth-order valence-electron chi connectivity index (χ4n) is 2.29. The van der Waals surface area contributed by atoms with Crippen LogP contribution in [0.15, 0.2) is 46.9 Å². The van der Waals surface area contributed by atoms with Crippen molar-refractivity contribution in [2.24, 2.45) is 0 Å². The van der Waals surface area contributed by atoms with Gasteiger partial charge in [-0.2, -0.15) is 0 Å². The Labute approximate surface area is 144 Å². The molecule has 2 amide bonds. The third-order valence-electron chi connectivity index (χ3n) is 3.55. The molecule has 4 nitrogen and oxygen atoms in total. The maximum Gasteiger partial charge on any atom is 0.314 e. The van der Waals surface area contributed by atoms with Gasteiger partial charge in [0.25, 0.3) is 0 Å². The van der Waals surface area contributed by atoms with Crippen molar-refractivity contribution in [1.29, 1.82) is 0 Å². The van der Waals surface area contributed by atoms with Gasteiger partial charge in [0, 0.05) is 15.8 Å². The van der Waals surface area contributed by atoms with Crippen molar-refractivity contribution in [3.8, 4) is 0 Å². The average Bonchev–Trinajstić information content (AvgIpc) is 2.56. The Kier molecular flexibility index (Phi) is 5.93. The first-order valence-corrected chi connectivity index (χ1v) is 8.33. The number of para-hydroxylation sites is 1. The molecule has 120 valence electrons. The number of hydrogen-bond acceptors (Lipinski definition) is 2. The molecule has 23 heavy (non-hydrogen) atoms. The van der Waals surface area contributed by atoms with Crippen LogP contribution >= 0.6 is 15.9 Å². The van der Waals surface area contributed by atoms with Gasteiger partial charge in [-0.3, -0.25) is 9.59 Å². The molecule has 2 N–H and O–H groups in total. The first-order valence-electron chi connectivity index (χ1n) is 7.53. The maximum atomic E-state index is 12.2. The first-order chi connectivity index (χ1) is 11.0. The Morgan fingerprint density at radius 2 is 1.39 bits per heavy atom. The molecule has 0 atom stereocenters. The van der Waals surface area contributed by atoms with E-state index in [1.54, 1.807) is 24.3 Å². The van der Waals surface area contributed by atoms with E-state index in [0.717, 1.165) is 34.1 Å². The van der Waals surface area contributed by atoms with Crippen LogP contribution in [0.25, 0.3) is 0 Å². The van der Waals surface area contributed by atoms with Gasteiger partial charge in [-0.1, -0.05) is 48.0 Å². The summed E-state index contributed by atoms with van der Waals surface area (Å²) in [5.74, 6) is -1.34. The molecule has 0 aliphatic carbocycles. The average molecular weight is 375 g/mol. The second kappa shape index (κ2) is 7.92. The molecule has 0 saturated heterocycles. The number of carbonyl (C=O) groups is 2. The summed E-state index contributed by atoms with van der Waals surface area (Å²) in [7, 11) is 0. The highest BCUT2D eigenvalue weighted by Crippen LogP contribution is 2.22. The summed E-state index contributed by atoms with van der Waals surface area (Å²) in [5.41, 5.74) is 3.37. The molecule has 2 aromatic rings. The lowest BCUT2D eigenvalue weighted by atomic mass is 10.0. The summed E-state index contributed by atoms with van der Waals surface area (Å²) in [4.78, 5) is 24.3. The van der Waals surface area contributed by atoms with Crippen molar-refractivity contribution in [1.82, 2.24) is 0 Å². The molecular formula is C18H19BrN2O2. The summed E-state index contributed by atoms with van der Waals surface area (Å²) < 4.78 is 0.907. The van der Waals surface area contributed by atoms with Gasteiger partial charge in [-0.15, -0.1) is 0 Å². The van der Waals surface area contributed by atoms with E-state index >= 15 is 0 Å². The van der Waals surface area contributed by atoms with Crippen LogP contribution in [0.2, 0.25) is 0 Å². The highest BCUT2D eigenvalue weighted by atomic mass is 79.9. The summed E-state index contributed by atoms with van der Waals surface area (Å²) in [5, 5.41) is 5.34. The first kappa shape index (κ1) is 17.2. The van der Waals surface area contributed by atoms with Gasteiger partial charge in [0.2, 0.25) is 0 Å². The predicted octanol–water partition coefficient (Wildman–Crippen LogP) is 4.15. The van der Waals surface area contributed by atoms with Gasteiger partial charge >= 0.3 is 11.8 Å². The van der Waals surface area contributed by atoms with E-state index < -0.39 is 11.8 Å². The summed E-state index contributed by atoms with van der Waals surface area (Å²) in [6.07, 6.45) is 1.58. The molecule has 0 spiro atoms. The van der Waals surface area contributed by atoms with E-state index in [9.17, 15) is 9.59 Å². The summed E-state index contributed by atoms with van der Waals surface area (Å²) in [6.45, 7) is 4.04. The lowest BCUT2D eigenvalue weighted by molar-refractivity contribution is -0.133. The maximum absolute atomic E-state index is 12.2. The van der Waals surface area contributed by atoms with Gasteiger partial charge in [-0.25, -0.2) is 0 Å². The van der Waals surface area contributed by atoms with Crippen LogP contribution in [-0.4, -0.2) is 11.8 Å². The number of amides is 2. The smallest absolute Gasteiger partial charge is 0.314 e. The standard InChI is InChI=1S/C18H19BrN2O2/c1-3-12-6-5-7-13(4-2)16(12)21-18(23)17(22)20-15-10-8-14(19)9-11-15/h5-11H,3-4H2,1-2H3,(H,20,22)(H,21,23). The lowest BCUT2D eigenvalue weighted by Gasteiger charge is -2.14. The van der Waals surface area contributed by atoms with E-state index in [1.807, 2.05) is 32.0 Å². The van der Waals surface area contributed by atoms with Crippen LogP contribution in [0.1, 0.15) is 25.0 Å². The molecular weight excluding hydrogens is 356 g/mol. The third-order valence-corrected chi connectivity index (χ3v) is 4.07. The van der Waals surface area contributed by atoms with Crippen LogP contribution in [0, 0.1) is 0 Å². The largest absolute Gasteiger partial charge is 0.318 e. The fourth-order valence-corrected chi connectivity index (χ4v) is 2.56. The van der Waals surface area contributed by atoms with Crippen molar-refractivity contribution < 1.29 is 9.59 Å². The molecule has 0 unspecified atom stereocenters. The Morgan fingerprint density at radius 3 is 1.91 bits per heavy atom. The van der Waals surface area contributed by atoms with Crippen molar-refractivity contribution in [2.75, 3.05) is 10.6 Å². The van der Waals surface area contributed by atoms with Crippen LogP contribution < -0.4 is 10.6 Å².